The van der Waals surface area contributed by atoms with Gasteiger partial charge in [-0.3, -0.25) is 0 Å². The molecule has 3 N–H and O–H groups in total. The quantitative estimate of drug-likeness (QED) is 0.558. The van der Waals surface area contributed by atoms with Crippen LogP contribution in [0.15, 0.2) is 23.3 Å². The maximum Gasteiger partial charge on any atom is 0.188 e. The maximum atomic E-state index is 5.66. The molecule has 0 aliphatic carbocycles. The number of nitrogens with two attached hydrogens (primary N) is 1. The second kappa shape index (κ2) is 5.95. The first-order valence-corrected chi connectivity index (χ1v) is 4.99. The minimum Gasteiger partial charge on any atom is -0.370 e. The second-order valence-corrected chi connectivity index (χ2v) is 3.69. The predicted octanol–water partition coefficient (Wildman–Crippen LogP) is 0.537. The first kappa shape index (κ1) is 11.4. The fourth-order valence-corrected chi connectivity index (χ4v) is 0.949. The van der Waals surface area contributed by atoms with Gasteiger partial charge in [0, 0.05) is 12.7 Å². The van der Waals surface area contributed by atoms with Gasteiger partial charge in [-0.2, -0.15) is 10.2 Å². The first-order valence-electron chi connectivity index (χ1n) is 4.99. The van der Waals surface area contributed by atoms with Crippen LogP contribution in [-0.2, 0) is 6.54 Å². The maximum absolute atomic E-state index is 5.66. The van der Waals surface area contributed by atoms with Crippen LogP contribution in [0.3, 0.4) is 0 Å². The molecule has 0 radical (unpaired) electrons. The van der Waals surface area contributed by atoms with Gasteiger partial charge in [-0.05, 0) is 18.1 Å². The van der Waals surface area contributed by atoms with Crippen LogP contribution in [0.5, 0.6) is 0 Å². The van der Waals surface area contributed by atoms with Crippen molar-refractivity contribution in [3.63, 3.8) is 0 Å². The van der Waals surface area contributed by atoms with Crippen LogP contribution in [0, 0.1) is 5.92 Å². The Morgan fingerprint density at radius 3 is 3.00 bits per heavy atom. The molecule has 0 aliphatic rings. The van der Waals surface area contributed by atoms with Crippen molar-refractivity contribution in [2.24, 2.45) is 16.6 Å². The summed E-state index contributed by atoms with van der Waals surface area (Å²) in [6.07, 6.45) is 1.63. The van der Waals surface area contributed by atoms with Crippen LogP contribution in [0.4, 0.5) is 0 Å². The van der Waals surface area contributed by atoms with Crippen molar-refractivity contribution in [1.82, 2.24) is 15.5 Å². The Balaban J connectivity index is 2.37. The molecule has 0 fully saturated rings. The summed E-state index contributed by atoms with van der Waals surface area (Å²) in [6.45, 7) is 5.52. The fraction of sp³-hybridized carbons (Fsp3) is 0.500. The molecule has 0 aliphatic heterocycles. The lowest BCUT2D eigenvalue weighted by atomic mass is 10.2. The van der Waals surface area contributed by atoms with Gasteiger partial charge in [0.1, 0.15) is 0 Å². The lowest BCUT2D eigenvalue weighted by molar-refractivity contribution is 0.621. The average molecular weight is 207 g/mol. The third-order valence-corrected chi connectivity index (χ3v) is 1.73. The molecule has 0 aromatic carbocycles. The van der Waals surface area contributed by atoms with E-state index in [0.29, 0.717) is 18.4 Å². The van der Waals surface area contributed by atoms with Crippen molar-refractivity contribution >= 4 is 5.96 Å². The third-order valence-electron chi connectivity index (χ3n) is 1.73. The molecule has 1 aromatic rings. The van der Waals surface area contributed by atoms with Gasteiger partial charge in [-0.1, -0.05) is 13.8 Å². The summed E-state index contributed by atoms with van der Waals surface area (Å²) in [7, 11) is 0. The van der Waals surface area contributed by atoms with E-state index in [4.69, 9.17) is 5.73 Å². The molecule has 0 bridgehead atoms. The van der Waals surface area contributed by atoms with Crippen LogP contribution < -0.4 is 11.1 Å². The SMILES string of the molecule is CC(C)CNC(N)=NCc1cccnn1. The minimum absolute atomic E-state index is 0.453. The first-order chi connectivity index (χ1) is 7.18. The predicted molar refractivity (Wildman–Crippen MR) is 60.2 cm³/mol. The summed E-state index contributed by atoms with van der Waals surface area (Å²) in [5.74, 6) is 1.00. The van der Waals surface area contributed by atoms with Gasteiger partial charge in [0.15, 0.2) is 5.96 Å². The summed E-state index contributed by atoms with van der Waals surface area (Å²) in [4.78, 5) is 4.15. The normalized spacial score (nSPS) is 11.8. The topological polar surface area (TPSA) is 76.2 Å². The smallest absolute Gasteiger partial charge is 0.188 e. The monoisotopic (exact) mass is 207 g/mol. The van der Waals surface area contributed by atoms with Crippen molar-refractivity contribution in [3.8, 4) is 0 Å². The van der Waals surface area contributed by atoms with E-state index in [2.05, 4.69) is 34.4 Å². The zero-order valence-corrected chi connectivity index (χ0v) is 9.14. The summed E-state index contributed by atoms with van der Waals surface area (Å²) in [6, 6.07) is 3.70. The average Bonchev–Trinajstić information content (AvgIpc) is 2.25. The van der Waals surface area contributed by atoms with Crippen molar-refractivity contribution in [2.75, 3.05) is 6.54 Å². The summed E-state index contributed by atoms with van der Waals surface area (Å²) in [5, 5.41) is 10.7. The van der Waals surface area contributed by atoms with Gasteiger partial charge < -0.3 is 11.1 Å². The number of aliphatic imine (C=N–C) groups is 1. The number of aromatic nitrogens is 2. The number of guanidine groups is 1. The molecule has 0 spiro atoms. The number of nitrogens with zero attached hydrogens (tertiary/aromatic N) is 3. The van der Waals surface area contributed by atoms with Crippen molar-refractivity contribution in [1.29, 1.82) is 0 Å². The molecule has 0 amide bonds. The fourth-order valence-electron chi connectivity index (χ4n) is 0.949. The van der Waals surface area contributed by atoms with E-state index in [1.54, 1.807) is 6.20 Å². The molecule has 0 saturated carbocycles. The zero-order valence-electron chi connectivity index (χ0n) is 9.14. The highest BCUT2D eigenvalue weighted by Gasteiger charge is 1.96. The Morgan fingerprint density at radius 2 is 2.40 bits per heavy atom. The Bertz CT molecular complexity index is 307. The third kappa shape index (κ3) is 4.95. The van der Waals surface area contributed by atoms with Gasteiger partial charge >= 0.3 is 0 Å². The Hall–Kier alpha value is -1.65. The Labute approximate surface area is 89.8 Å². The van der Waals surface area contributed by atoms with Crippen molar-refractivity contribution in [3.05, 3.63) is 24.0 Å². The van der Waals surface area contributed by atoms with E-state index in [1.165, 1.54) is 0 Å². The second-order valence-electron chi connectivity index (χ2n) is 3.69. The van der Waals surface area contributed by atoms with Crippen LogP contribution in [0.2, 0.25) is 0 Å². The molecule has 0 atom stereocenters. The van der Waals surface area contributed by atoms with Crippen LogP contribution in [0.1, 0.15) is 19.5 Å². The van der Waals surface area contributed by atoms with Crippen LogP contribution >= 0.6 is 0 Å². The molecule has 15 heavy (non-hydrogen) atoms. The number of nitrogens with one attached hydrogen (secondary N) is 1. The molecular formula is C10H17N5. The van der Waals surface area contributed by atoms with Gasteiger partial charge in [0.05, 0.1) is 12.2 Å². The van der Waals surface area contributed by atoms with Crippen molar-refractivity contribution < 1.29 is 0 Å². The number of hydrogen-bond acceptors (Lipinski definition) is 3. The van der Waals surface area contributed by atoms with Crippen LogP contribution in [-0.4, -0.2) is 22.7 Å². The molecule has 1 rings (SSSR count). The summed E-state index contributed by atoms with van der Waals surface area (Å²) < 4.78 is 0. The molecular weight excluding hydrogens is 190 g/mol. The highest BCUT2D eigenvalue weighted by atomic mass is 15.1. The van der Waals surface area contributed by atoms with Gasteiger partial charge in [-0.25, -0.2) is 4.99 Å². The summed E-state index contributed by atoms with van der Waals surface area (Å²) >= 11 is 0. The molecule has 1 aromatic heterocycles. The minimum atomic E-state index is 0.453. The van der Waals surface area contributed by atoms with Gasteiger partial charge in [0.25, 0.3) is 0 Å². The zero-order chi connectivity index (χ0) is 11.1. The number of rotatable bonds is 4. The van der Waals surface area contributed by atoms with Gasteiger partial charge in [0.2, 0.25) is 0 Å². The molecule has 0 saturated heterocycles. The highest BCUT2D eigenvalue weighted by molar-refractivity contribution is 5.77. The lowest BCUT2D eigenvalue weighted by Crippen LogP contribution is -2.34. The molecule has 5 heteroatoms. The summed E-state index contributed by atoms with van der Waals surface area (Å²) in [5.41, 5.74) is 6.47. The molecule has 5 nitrogen and oxygen atoms in total. The number of hydrogen-bond donors (Lipinski definition) is 2. The lowest BCUT2D eigenvalue weighted by Gasteiger charge is -2.07. The van der Waals surface area contributed by atoms with E-state index in [1.807, 2.05) is 12.1 Å². The molecule has 0 unspecified atom stereocenters. The van der Waals surface area contributed by atoms with Gasteiger partial charge in [-0.15, -0.1) is 0 Å². The Morgan fingerprint density at radius 1 is 1.60 bits per heavy atom. The van der Waals surface area contributed by atoms with E-state index < -0.39 is 0 Å². The largest absolute Gasteiger partial charge is 0.370 e. The standard InChI is InChI=1S/C10H17N5/c1-8(2)6-12-10(11)13-7-9-4-3-5-14-15-9/h3-5,8H,6-7H2,1-2H3,(H3,11,12,13). The molecule has 82 valence electrons. The van der Waals surface area contributed by atoms with E-state index >= 15 is 0 Å². The highest BCUT2D eigenvalue weighted by Crippen LogP contribution is 1.93. The van der Waals surface area contributed by atoms with E-state index in [9.17, 15) is 0 Å². The Kier molecular flexibility index (Phi) is 4.53. The van der Waals surface area contributed by atoms with E-state index in [0.717, 1.165) is 12.2 Å². The molecule has 1 heterocycles. The van der Waals surface area contributed by atoms with Crippen molar-refractivity contribution in [2.45, 2.75) is 20.4 Å². The van der Waals surface area contributed by atoms with Crippen LogP contribution in [0.25, 0.3) is 0 Å². The van der Waals surface area contributed by atoms with E-state index in [-0.39, 0.29) is 0 Å².